The third-order valence-electron chi connectivity index (χ3n) is 3.39. The molecule has 0 saturated carbocycles. The SMILES string of the molecule is Cc1ccc2ncn(-c3ccc(C(F)(F)F)cc3)c(=O)c2c1. The number of hydrogen-bond acceptors (Lipinski definition) is 2. The fraction of sp³-hybridized carbons (Fsp3) is 0.125. The molecule has 0 saturated heterocycles. The molecule has 3 rings (SSSR count). The van der Waals surface area contributed by atoms with Crippen LogP contribution in [0, 0.1) is 6.92 Å². The van der Waals surface area contributed by atoms with Crippen LogP contribution in [0.2, 0.25) is 0 Å². The molecule has 2 aromatic carbocycles. The Balaban J connectivity index is 2.14. The Bertz CT molecular complexity index is 896. The smallest absolute Gasteiger partial charge is 0.268 e. The summed E-state index contributed by atoms with van der Waals surface area (Å²) in [7, 11) is 0. The number of hydrogen-bond donors (Lipinski definition) is 0. The molecule has 0 aliphatic rings. The second-order valence-electron chi connectivity index (χ2n) is 4.98. The predicted octanol–water partition coefficient (Wildman–Crippen LogP) is 3.71. The lowest BCUT2D eigenvalue weighted by atomic mass is 10.1. The van der Waals surface area contributed by atoms with E-state index >= 15 is 0 Å². The molecule has 1 aromatic heterocycles. The highest BCUT2D eigenvalue weighted by Gasteiger charge is 2.30. The first-order chi connectivity index (χ1) is 10.4. The maximum atomic E-state index is 12.6. The van der Waals surface area contributed by atoms with Gasteiger partial charge in [0.15, 0.2) is 0 Å². The van der Waals surface area contributed by atoms with Crippen molar-refractivity contribution in [3.05, 3.63) is 70.3 Å². The van der Waals surface area contributed by atoms with Crippen molar-refractivity contribution in [2.75, 3.05) is 0 Å². The molecule has 0 atom stereocenters. The van der Waals surface area contributed by atoms with Gasteiger partial charge in [0.25, 0.3) is 5.56 Å². The molecule has 0 amide bonds. The Labute approximate surface area is 123 Å². The van der Waals surface area contributed by atoms with Crippen LogP contribution in [0.15, 0.2) is 53.6 Å². The second-order valence-corrected chi connectivity index (χ2v) is 4.98. The molecular weight excluding hydrogens is 293 g/mol. The first-order valence-electron chi connectivity index (χ1n) is 6.52. The summed E-state index contributed by atoms with van der Waals surface area (Å²) in [5, 5.41) is 0.433. The van der Waals surface area contributed by atoms with Crippen molar-refractivity contribution < 1.29 is 13.2 Å². The molecule has 0 bridgehead atoms. The molecule has 3 nitrogen and oxygen atoms in total. The molecule has 112 valence electrons. The minimum Gasteiger partial charge on any atom is -0.268 e. The van der Waals surface area contributed by atoms with Crippen molar-refractivity contribution in [2.24, 2.45) is 0 Å². The number of nitrogens with zero attached hydrogens (tertiary/aromatic N) is 2. The van der Waals surface area contributed by atoms with Crippen LogP contribution in [-0.2, 0) is 6.18 Å². The van der Waals surface area contributed by atoms with E-state index in [4.69, 9.17) is 0 Å². The van der Waals surface area contributed by atoms with Gasteiger partial charge in [-0.3, -0.25) is 9.36 Å². The van der Waals surface area contributed by atoms with Gasteiger partial charge in [-0.15, -0.1) is 0 Å². The van der Waals surface area contributed by atoms with E-state index < -0.39 is 11.7 Å². The van der Waals surface area contributed by atoms with Crippen LogP contribution < -0.4 is 5.56 Å². The molecule has 22 heavy (non-hydrogen) atoms. The fourth-order valence-electron chi connectivity index (χ4n) is 2.23. The fourth-order valence-corrected chi connectivity index (χ4v) is 2.23. The van der Waals surface area contributed by atoms with E-state index in [1.54, 1.807) is 12.1 Å². The molecule has 1 heterocycles. The lowest BCUT2D eigenvalue weighted by Gasteiger charge is -2.10. The first-order valence-corrected chi connectivity index (χ1v) is 6.52. The summed E-state index contributed by atoms with van der Waals surface area (Å²) in [6, 6.07) is 9.71. The van der Waals surface area contributed by atoms with Crippen molar-refractivity contribution in [2.45, 2.75) is 13.1 Å². The van der Waals surface area contributed by atoms with Gasteiger partial charge in [-0.1, -0.05) is 11.6 Å². The Morgan fingerprint density at radius 2 is 1.73 bits per heavy atom. The lowest BCUT2D eigenvalue weighted by molar-refractivity contribution is -0.137. The molecule has 0 radical (unpaired) electrons. The van der Waals surface area contributed by atoms with Gasteiger partial charge in [0.1, 0.15) is 6.33 Å². The molecule has 6 heteroatoms. The molecular formula is C16H11F3N2O. The third kappa shape index (κ3) is 2.47. The Kier molecular flexibility index (Phi) is 3.24. The minimum absolute atomic E-state index is 0.312. The molecule has 0 aliphatic carbocycles. The number of fused-ring (bicyclic) bond motifs is 1. The van der Waals surface area contributed by atoms with Crippen LogP contribution in [0.25, 0.3) is 16.6 Å². The van der Waals surface area contributed by atoms with Crippen LogP contribution in [0.1, 0.15) is 11.1 Å². The summed E-state index contributed by atoms with van der Waals surface area (Å²) < 4.78 is 39.0. The van der Waals surface area contributed by atoms with Crippen molar-refractivity contribution in [1.29, 1.82) is 0 Å². The monoisotopic (exact) mass is 304 g/mol. The van der Waals surface area contributed by atoms with Gasteiger partial charge in [-0.05, 0) is 43.3 Å². The maximum absolute atomic E-state index is 12.6. The molecule has 3 aromatic rings. The molecule has 0 N–H and O–H groups in total. The highest BCUT2D eigenvalue weighted by molar-refractivity contribution is 5.78. The van der Waals surface area contributed by atoms with Crippen LogP contribution in [0.3, 0.4) is 0 Å². The lowest BCUT2D eigenvalue weighted by Crippen LogP contribution is -2.19. The summed E-state index contributed by atoms with van der Waals surface area (Å²) >= 11 is 0. The molecule has 0 spiro atoms. The number of aryl methyl sites for hydroxylation is 1. The molecule has 0 unspecified atom stereocenters. The number of rotatable bonds is 1. The Morgan fingerprint density at radius 3 is 2.36 bits per heavy atom. The largest absolute Gasteiger partial charge is 0.416 e. The summed E-state index contributed by atoms with van der Waals surface area (Å²) in [5.74, 6) is 0. The third-order valence-corrected chi connectivity index (χ3v) is 3.39. The van der Waals surface area contributed by atoms with E-state index in [2.05, 4.69) is 4.98 Å². The second kappa shape index (κ2) is 4.98. The van der Waals surface area contributed by atoms with Gasteiger partial charge in [0, 0.05) is 0 Å². The molecule has 0 aliphatic heterocycles. The normalized spacial score (nSPS) is 11.8. The highest BCUT2D eigenvalue weighted by Crippen LogP contribution is 2.29. The van der Waals surface area contributed by atoms with Crippen molar-refractivity contribution >= 4 is 10.9 Å². The van der Waals surface area contributed by atoms with Gasteiger partial charge >= 0.3 is 6.18 Å². The van der Waals surface area contributed by atoms with E-state index in [1.807, 2.05) is 13.0 Å². The topological polar surface area (TPSA) is 34.9 Å². The van der Waals surface area contributed by atoms with E-state index in [0.29, 0.717) is 16.6 Å². The average Bonchev–Trinajstić information content (AvgIpc) is 2.47. The van der Waals surface area contributed by atoms with Crippen LogP contribution in [-0.4, -0.2) is 9.55 Å². The van der Waals surface area contributed by atoms with Crippen molar-refractivity contribution in [1.82, 2.24) is 9.55 Å². The Morgan fingerprint density at radius 1 is 1.05 bits per heavy atom. The number of halogens is 3. The average molecular weight is 304 g/mol. The summed E-state index contributed by atoms with van der Waals surface area (Å²) in [6.45, 7) is 1.86. The minimum atomic E-state index is -4.40. The summed E-state index contributed by atoms with van der Waals surface area (Å²) in [6.07, 6.45) is -3.08. The van der Waals surface area contributed by atoms with E-state index in [-0.39, 0.29) is 5.56 Å². The van der Waals surface area contributed by atoms with Crippen LogP contribution >= 0.6 is 0 Å². The molecule has 0 fully saturated rings. The zero-order valence-corrected chi connectivity index (χ0v) is 11.6. The van der Waals surface area contributed by atoms with E-state index in [9.17, 15) is 18.0 Å². The number of alkyl halides is 3. The van der Waals surface area contributed by atoms with Gasteiger partial charge in [0.05, 0.1) is 22.2 Å². The number of benzene rings is 2. The van der Waals surface area contributed by atoms with Gasteiger partial charge in [0.2, 0.25) is 0 Å². The van der Waals surface area contributed by atoms with Gasteiger partial charge < -0.3 is 0 Å². The van der Waals surface area contributed by atoms with Crippen molar-refractivity contribution in [3.8, 4) is 5.69 Å². The number of aromatic nitrogens is 2. The van der Waals surface area contributed by atoms with E-state index in [0.717, 1.165) is 17.7 Å². The highest BCUT2D eigenvalue weighted by atomic mass is 19.4. The quantitative estimate of drug-likeness (QED) is 0.687. The zero-order chi connectivity index (χ0) is 15.9. The predicted molar refractivity (Wildman–Crippen MR) is 77.1 cm³/mol. The Hall–Kier alpha value is -2.63. The standard InChI is InChI=1S/C16H11F3N2O/c1-10-2-7-14-13(8-10)15(22)21(9-20-14)12-5-3-11(4-6-12)16(17,18)19/h2-9H,1H3. The van der Waals surface area contributed by atoms with Crippen LogP contribution in [0.5, 0.6) is 0 Å². The summed E-state index contributed by atoms with van der Waals surface area (Å²) in [4.78, 5) is 16.6. The summed E-state index contributed by atoms with van der Waals surface area (Å²) in [5.41, 5.74) is 0.742. The zero-order valence-electron chi connectivity index (χ0n) is 11.6. The van der Waals surface area contributed by atoms with Crippen molar-refractivity contribution in [3.63, 3.8) is 0 Å². The van der Waals surface area contributed by atoms with Crippen LogP contribution in [0.4, 0.5) is 13.2 Å². The van der Waals surface area contributed by atoms with Gasteiger partial charge in [-0.2, -0.15) is 13.2 Å². The maximum Gasteiger partial charge on any atom is 0.416 e. The van der Waals surface area contributed by atoms with Gasteiger partial charge in [-0.25, -0.2) is 4.98 Å². The van der Waals surface area contributed by atoms with E-state index in [1.165, 1.54) is 23.0 Å². The first kappa shape index (κ1) is 14.3.